The predicted octanol–water partition coefficient (Wildman–Crippen LogP) is -0.503. The molecule has 2 N–H and O–H groups in total. The summed E-state index contributed by atoms with van der Waals surface area (Å²) in [5.74, 6) is 0.00788. The largest absolute Gasteiger partial charge is 0.356 e. The third-order valence-electron chi connectivity index (χ3n) is 3.00. The van der Waals surface area contributed by atoms with Crippen LogP contribution in [0, 0.1) is 5.92 Å². The molecule has 1 unspecified atom stereocenters. The standard InChI is InChI=1S/C12H21N3O3/c1-9(16)13-6-11-4-3-5-15(8-11)12(18)7-14-10(2)17/h11H,3-8H2,1-2H3,(H,13,16)(H,14,17). The Morgan fingerprint density at radius 2 is 1.83 bits per heavy atom. The molecule has 6 heteroatoms. The van der Waals surface area contributed by atoms with E-state index in [-0.39, 0.29) is 24.3 Å². The Morgan fingerprint density at radius 1 is 1.17 bits per heavy atom. The van der Waals surface area contributed by atoms with E-state index in [4.69, 9.17) is 0 Å². The van der Waals surface area contributed by atoms with Crippen LogP contribution in [-0.4, -0.2) is 48.8 Å². The molecule has 1 saturated heterocycles. The van der Waals surface area contributed by atoms with E-state index in [0.29, 0.717) is 19.0 Å². The first kappa shape index (κ1) is 14.5. The van der Waals surface area contributed by atoms with Crippen LogP contribution in [0.1, 0.15) is 26.7 Å². The van der Waals surface area contributed by atoms with E-state index in [9.17, 15) is 14.4 Å². The lowest BCUT2D eigenvalue weighted by molar-refractivity contribution is -0.134. The summed E-state index contributed by atoms with van der Waals surface area (Å²) in [6.45, 7) is 4.93. The fraction of sp³-hybridized carbons (Fsp3) is 0.750. The Labute approximate surface area is 107 Å². The summed E-state index contributed by atoms with van der Waals surface area (Å²) in [4.78, 5) is 35.1. The minimum absolute atomic E-state index is 0.0447. The van der Waals surface area contributed by atoms with Crippen LogP contribution >= 0.6 is 0 Å². The van der Waals surface area contributed by atoms with Gasteiger partial charge in [0.15, 0.2) is 0 Å². The highest BCUT2D eigenvalue weighted by Gasteiger charge is 2.23. The summed E-state index contributed by atoms with van der Waals surface area (Å²) < 4.78 is 0. The molecule has 1 rings (SSSR count). The molecule has 102 valence electrons. The molecular formula is C12H21N3O3. The Balaban J connectivity index is 2.35. The number of piperidine rings is 1. The van der Waals surface area contributed by atoms with Crippen molar-refractivity contribution in [1.82, 2.24) is 15.5 Å². The van der Waals surface area contributed by atoms with Crippen LogP contribution in [0.15, 0.2) is 0 Å². The number of carbonyl (C=O) groups excluding carboxylic acids is 3. The number of amides is 3. The molecule has 1 heterocycles. The first-order valence-electron chi connectivity index (χ1n) is 6.25. The molecular weight excluding hydrogens is 234 g/mol. The summed E-state index contributed by atoms with van der Waals surface area (Å²) in [6.07, 6.45) is 1.96. The van der Waals surface area contributed by atoms with Crippen LogP contribution in [0.5, 0.6) is 0 Å². The number of rotatable bonds is 4. The van der Waals surface area contributed by atoms with Gasteiger partial charge in [-0.1, -0.05) is 0 Å². The summed E-state index contributed by atoms with van der Waals surface area (Å²) >= 11 is 0. The molecule has 1 aliphatic rings. The van der Waals surface area contributed by atoms with E-state index in [2.05, 4.69) is 10.6 Å². The van der Waals surface area contributed by atoms with Gasteiger partial charge in [0.1, 0.15) is 0 Å². The van der Waals surface area contributed by atoms with Crippen molar-refractivity contribution in [1.29, 1.82) is 0 Å². The van der Waals surface area contributed by atoms with Gasteiger partial charge in [-0.3, -0.25) is 14.4 Å². The SMILES string of the molecule is CC(=O)NCC(=O)N1CCCC(CNC(C)=O)C1. The first-order valence-corrected chi connectivity index (χ1v) is 6.25. The normalized spacial score (nSPS) is 19.2. The zero-order valence-corrected chi connectivity index (χ0v) is 11.0. The lowest BCUT2D eigenvalue weighted by atomic mass is 9.98. The highest BCUT2D eigenvalue weighted by atomic mass is 16.2. The maximum atomic E-state index is 11.8. The van der Waals surface area contributed by atoms with Gasteiger partial charge in [0.25, 0.3) is 0 Å². The summed E-state index contributed by atoms with van der Waals surface area (Å²) in [5, 5.41) is 5.29. The number of hydrogen-bond acceptors (Lipinski definition) is 3. The fourth-order valence-electron chi connectivity index (χ4n) is 2.06. The molecule has 0 saturated carbocycles. The van der Waals surface area contributed by atoms with Gasteiger partial charge < -0.3 is 15.5 Å². The molecule has 1 fully saturated rings. The van der Waals surface area contributed by atoms with Crippen molar-refractivity contribution in [2.75, 3.05) is 26.2 Å². The van der Waals surface area contributed by atoms with Crippen LogP contribution in [0.4, 0.5) is 0 Å². The van der Waals surface area contributed by atoms with Gasteiger partial charge in [-0.05, 0) is 18.8 Å². The smallest absolute Gasteiger partial charge is 0.241 e. The highest BCUT2D eigenvalue weighted by Crippen LogP contribution is 2.15. The maximum absolute atomic E-state index is 11.8. The van der Waals surface area contributed by atoms with Crippen molar-refractivity contribution in [3.8, 4) is 0 Å². The molecule has 0 aromatic carbocycles. The fourth-order valence-corrected chi connectivity index (χ4v) is 2.06. The minimum atomic E-state index is -0.199. The molecule has 0 radical (unpaired) electrons. The van der Waals surface area contributed by atoms with Crippen molar-refractivity contribution >= 4 is 17.7 Å². The molecule has 0 aliphatic carbocycles. The number of hydrogen-bond donors (Lipinski definition) is 2. The lowest BCUT2D eigenvalue weighted by Gasteiger charge is -2.32. The Hall–Kier alpha value is -1.59. The van der Waals surface area contributed by atoms with E-state index in [0.717, 1.165) is 19.4 Å². The lowest BCUT2D eigenvalue weighted by Crippen LogP contribution is -2.46. The Morgan fingerprint density at radius 3 is 2.44 bits per heavy atom. The van der Waals surface area contributed by atoms with Crippen LogP contribution in [0.2, 0.25) is 0 Å². The Kier molecular flexibility index (Phi) is 5.61. The monoisotopic (exact) mass is 255 g/mol. The van der Waals surface area contributed by atoms with Crippen molar-refractivity contribution in [2.45, 2.75) is 26.7 Å². The second kappa shape index (κ2) is 6.98. The maximum Gasteiger partial charge on any atom is 0.241 e. The third-order valence-corrected chi connectivity index (χ3v) is 3.00. The van der Waals surface area contributed by atoms with Gasteiger partial charge in [0.05, 0.1) is 6.54 Å². The molecule has 3 amide bonds. The van der Waals surface area contributed by atoms with Crippen molar-refractivity contribution in [3.63, 3.8) is 0 Å². The topological polar surface area (TPSA) is 78.5 Å². The van der Waals surface area contributed by atoms with Gasteiger partial charge in [-0.25, -0.2) is 0 Å². The molecule has 18 heavy (non-hydrogen) atoms. The van der Waals surface area contributed by atoms with Gasteiger partial charge >= 0.3 is 0 Å². The quantitative estimate of drug-likeness (QED) is 0.710. The van der Waals surface area contributed by atoms with E-state index in [1.807, 2.05) is 0 Å². The number of carbonyl (C=O) groups is 3. The zero-order chi connectivity index (χ0) is 13.5. The van der Waals surface area contributed by atoms with Crippen LogP contribution in [0.3, 0.4) is 0 Å². The zero-order valence-electron chi connectivity index (χ0n) is 11.0. The summed E-state index contributed by atoms with van der Waals surface area (Å²) in [5.41, 5.74) is 0. The third kappa shape index (κ3) is 5.16. The van der Waals surface area contributed by atoms with E-state index in [1.54, 1.807) is 4.90 Å². The molecule has 0 spiro atoms. The highest BCUT2D eigenvalue weighted by molar-refractivity contribution is 5.83. The van der Waals surface area contributed by atoms with Crippen LogP contribution in [-0.2, 0) is 14.4 Å². The first-order chi connectivity index (χ1) is 8.49. The molecule has 1 aliphatic heterocycles. The molecule has 6 nitrogen and oxygen atoms in total. The number of nitrogens with zero attached hydrogens (tertiary/aromatic N) is 1. The van der Waals surface area contributed by atoms with Crippen molar-refractivity contribution in [3.05, 3.63) is 0 Å². The molecule has 1 atom stereocenters. The van der Waals surface area contributed by atoms with Crippen LogP contribution in [0.25, 0.3) is 0 Å². The van der Waals surface area contributed by atoms with E-state index < -0.39 is 0 Å². The molecule has 0 aromatic rings. The average Bonchev–Trinajstić information content (AvgIpc) is 2.33. The van der Waals surface area contributed by atoms with Gasteiger partial charge in [0, 0.05) is 33.5 Å². The van der Waals surface area contributed by atoms with Crippen LogP contribution < -0.4 is 10.6 Å². The Bertz CT molecular complexity index is 331. The van der Waals surface area contributed by atoms with Crippen molar-refractivity contribution < 1.29 is 14.4 Å². The summed E-state index contributed by atoms with van der Waals surface area (Å²) in [6, 6.07) is 0. The minimum Gasteiger partial charge on any atom is -0.356 e. The van der Waals surface area contributed by atoms with Gasteiger partial charge in [0.2, 0.25) is 17.7 Å². The van der Waals surface area contributed by atoms with E-state index >= 15 is 0 Å². The molecule has 0 bridgehead atoms. The number of likely N-dealkylation sites (tertiary alicyclic amines) is 1. The average molecular weight is 255 g/mol. The predicted molar refractivity (Wildman–Crippen MR) is 66.7 cm³/mol. The van der Waals surface area contributed by atoms with Gasteiger partial charge in [-0.15, -0.1) is 0 Å². The molecule has 0 aromatic heterocycles. The van der Waals surface area contributed by atoms with Crippen molar-refractivity contribution in [2.24, 2.45) is 5.92 Å². The second-order valence-corrected chi connectivity index (χ2v) is 4.69. The van der Waals surface area contributed by atoms with E-state index in [1.165, 1.54) is 13.8 Å². The second-order valence-electron chi connectivity index (χ2n) is 4.69. The number of nitrogens with one attached hydrogen (secondary N) is 2. The van der Waals surface area contributed by atoms with Gasteiger partial charge in [-0.2, -0.15) is 0 Å². The summed E-state index contributed by atoms with van der Waals surface area (Å²) in [7, 11) is 0.